The van der Waals surface area contributed by atoms with Crippen molar-refractivity contribution < 1.29 is 19.5 Å². The van der Waals surface area contributed by atoms with Gasteiger partial charge < -0.3 is 10.0 Å². The number of benzene rings is 1. The molecule has 0 bridgehead atoms. The van der Waals surface area contributed by atoms with E-state index in [2.05, 4.69) is 10.5 Å². The van der Waals surface area contributed by atoms with Gasteiger partial charge >= 0.3 is 5.97 Å². The van der Waals surface area contributed by atoms with Gasteiger partial charge in [-0.3, -0.25) is 9.59 Å². The first-order valence-corrected chi connectivity index (χ1v) is 5.96. The summed E-state index contributed by atoms with van der Waals surface area (Å²) in [6.45, 7) is 0. The van der Waals surface area contributed by atoms with Gasteiger partial charge in [-0.25, -0.2) is 10.2 Å². The minimum atomic E-state index is -1.11. The number of nitrogens with one attached hydrogen (secondary N) is 1. The van der Waals surface area contributed by atoms with E-state index in [-0.39, 0.29) is 35.7 Å². The topological polar surface area (TPSA) is 99.1 Å². The molecule has 1 aromatic rings. The molecule has 1 aromatic carbocycles. The molecule has 0 fully saturated rings. The Morgan fingerprint density at radius 3 is 2.60 bits per heavy atom. The number of amides is 2. The van der Waals surface area contributed by atoms with Crippen molar-refractivity contribution in [2.75, 3.05) is 11.9 Å². The summed E-state index contributed by atoms with van der Waals surface area (Å²) in [5.74, 6) is -1.78. The quantitative estimate of drug-likeness (QED) is 0.844. The lowest BCUT2D eigenvalue weighted by molar-refractivity contribution is -0.121. The summed E-state index contributed by atoms with van der Waals surface area (Å²) < 4.78 is 0. The molecule has 0 saturated heterocycles. The average molecular weight is 275 g/mol. The van der Waals surface area contributed by atoms with E-state index < -0.39 is 11.9 Å². The van der Waals surface area contributed by atoms with Gasteiger partial charge in [0.15, 0.2) is 0 Å². The van der Waals surface area contributed by atoms with E-state index in [0.717, 1.165) is 0 Å². The van der Waals surface area contributed by atoms with Crippen molar-refractivity contribution in [3.8, 4) is 0 Å². The number of para-hydroxylation sites is 1. The molecule has 1 aliphatic heterocycles. The summed E-state index contributed by atoms with van der Waals surface area (Å²) in [5.41, 5.74) is 2.76. The van der Waals surface area contributed by atoms with Crippen molar-refractivity contribution in [3.05, 3.63) is 29.8 Å². The van der Waals surface area contributed by atoms with Gasteiger partial charge in [0, 0.05) is 19.9 Å². The highest BCUT2D eigenvalue weighted by Gasteiger charge is 2.24. The monoisotopic (exact) mass is 275 g/mol. The van der Waals surface area contributed by atoms with Crippen molar-refractivity contribution in [2.45, 2.75) is 12.8 Å². The molecule has 0 spiro atoms. The normalized spacial score (nSPS) is 14.2. The first-order chi connectivity index (χ1) is 9.50. The van der Waals surface area contributed by atoms with Gasteiger partial charge in [-0.2, -0.15) is 5.10 Å². The number of carboxylic acid groups (broad SMARTS) is 1. The van der Waals surface area contributed by atoms with Gasteiger partial charge in [-0.05, 0) is 12.1 Å². The minimum Gasteiger partial charge on any atom is -0.478 e. The summed E-state index contributed by atoms with van der Waals surface area (Å²) in [4.78, 5) is 35.6. The van der Waals surface area contributed by atoms with Crippen LogP contribution in [0.5, 0.6) is 0 Å². The fourth-order valence-corrected chi connectivity index (χ4v) is 1.88. The number of hydrogen-bond donors (Lipinski definition) is 2. The molecule has 7 nitrogen and oxygen atoms in total. The standard InChI is InChI=1S/C13H13N3O4/c1-16(10-5-3-2-4-8(10)13(19)20)12(18)9-6-7-11(17)15-14-9/h2-5H,6-7H2,1H3,(H,15,17)(H,19,20). The van der Waals surface area contributed by atoms with Crippen LogP contribution in [0.15, 0.2) is 29.4 Å². The van der Waals surface area contributed by atoms with E-state index >= 15 is 0 Å². The van der Waals surface area contributed by atoms with Gasteiger partial charge in [0.2, 0.25) is 5.91 Å². The summed E-state index contributed by atoms with van der Waals surface area (Å²) >= 11 is 0. The molecule has 1 aliphatic rings. The lowest BCUT2D eigenvalue weighted by atomic mass is 10.1. The Hall–Kier alpha value is -2.70. The van der Waals surface area contributed by atoms with E-state index in [4.69, 9.17) is 5.11 Å². The molecule has 7 heteroatoms. The van der Waals surface area contributed by atoms with Gasteiger partial charge in [0.05, 0.1) is 11.3 Å². The van der Waals surface area contributed by atoms with E-state index in [1.54, 1.807) is 18.2 Å². The van der Waals surface area contributed by atoms with Crippen LogP contribution in [-0.4, -0.2) is 35.6 Å². The van der Waals surface area contributed by atoms with Gasteiger partial charge in [0.1, 0.15) is 5.71 Å². The molecule has 20 heavy (non-hydrogen) atoms. The molecule has 0 saturated carbocycles. The Kier molecular flexibility index (Phi) is 3.79. The number of carbonyl (C=O) groups is 3. The Labute approximate surface area is 114 Å². The van der Waals surface area contributed by atoms with Crippen molar-refractivity contribution in [1.29, 1.82) is 0 Å². The number of hydrogen-bond acceptors (Lipinski definition) is 4. The predicted octanol–water partition coefficient (Wildman–Crippen LogP) is 0.614. The van der Waals surface area contributed by atoms with Gasteiger partial charge in [-0.15, -0.1) is 0 Å². The number of carbonyl (C=O) groups excluding carboxylic acids is 2. The molecule has 1 heterocycles. The summed E-state index contributed by atoms with van der Waals surface area (Å²) in [7, 11) is 1.48. The lowest BCUT2D eigenvalue weighted by Gasteiger charge is -2.21. The molecule has 2 rings (SSSR count). The van der Waals surface area contributed by atoms with E-state index in [1.165, 1.54) is 18.0 Å². The molecular weight excluding hydrogens is 262 g/mol. The number of carboxylic acids is 1. The fraction of sp³-hybridized carbons (Fsp3) is 0.231. The smallest absolute Gasteiger partial charge is 0.337 e. The first kappa shape index (κ1) is 13.7. The average Bonchev–Trinajstić information content (AvgIpc) is 2.46. The Morgan fingerprint density at radius 2 is 2.00 bits per heavy atom. The summed E-state index contributed by atoms with van der Waals surface area (Å²) in [6.07, 6.45) is 0.434. The van der Waals surface area contributed by atoms with Crippen LogP contribution >= 0.6 is 0 Å². The summed E-state index contributed by atoms with van der Waals surface area (Å²) in [6, 6.07) is 6.20. The van der Waals surface area contributed by atoms with E-state index in [0.29, 0.717) is 0 Å². The second kappa shape index (κ2) is 5.52. The minimum absolute atomic E-state index is 0.0313. The van der Waals surface area contributed by atoms with Gasteiger partial charge in [0.25, 0.3) is 5.91 Å². The second-order valence-electron chi connectivity index (χ2n) is 4.28. The first-order valence-electron chi connectivity index (χ1n) is 5.96. The van der Waals surface area contributed by atoms with Crippen molar-refractivity contribution >= 4 is 29.2 Å². The van der Waals surface area contributed by atoms with E-state index in [1.807, 2.05) is 0 Å². The molecule has 0 unspecified atom stereocenters. The zero-order valence-corrected chi connectivity index (χ0v) is 10.8. The molecular formula is C13H13N3O4. The largest absolute Gasteiger partial charge is 0.478 e. The van der Waals surface area contributed by atoms with Crippen LogP contribution in [0.2, 0.25) is 0 Å². The fourth-order valence-electron chi connectivity index (χ4n) is 1.88. The highest BCUT2D eigenvalue weighted by molar-refractivity contribution is 6.44. The van der Waals surface area contributed by atoms with Crippen molar-refractivity contribution in [3.63, 3.8) is 0 Å². The van der Waals surface area contributed by atoms with Crippen LogP contribution < -0.4 is 10.3 Å². The molecule has 2 amide bonds. The van der Waals surface area contributed by atoms with Crippen LogP contribution in [0.4, 0.5) is 5.69 Å². The maximum atomic E-state index is 12.2. The molecule has 0 aliphatic carbocycles. The maximum Gasteiger partial charge on any atom is 0.337 e. The molecule has 2 N–H and O–H groups in total. The number of nitrogens with zero attached hydrogens (tertiary/aromatic N) is 2. The third kappa shape index (κ3) is 2.66. The zero-order valence-electron chi connectivity index (χ0n) is 10.8. The van der Waals surface area contributed by atoms with Crippen LogP contribution in [0, 0.1) is 0 Å². The highest BCUT2D eigenvalue weighted by atomic mass is 16.4. The lowest BCUT2D eigenvalue weighted by Crippen LogP contribution is -2.38. The number of rotatable bonds is 3. The molecule has 0 atom stereocenters. The Bertz CT molecular complexity index is 609. The molecule has 0 radical (unpaired) electrons. The summed E-state index contributed by atoms with van der Waals surface area (Å²) in [5, 5.41) is 12.8. The maximum absolute atomic E-state index is 12.2. The van der Waals surface area contributed by atoms with Gasteiger partial charge in [-0.1, -0.05) is 12.1 Å². The number of anilines is 1. The number of hydrazone groups is 1. The molecule has 0 aromatic heterocycles. The predicted molar refractivity (Wildman–Crippen MR) is 71.6 cm³/mol. The van der Waals surface area contributed by atoms with Crippen LogP contribution in [-0.2, 0) is 9.59 Å². The number of aromatic carboxylic acids is 1. The van der Waals surface area contributed by atoms with Crippen molar-refractivity contribution in [2.24, 2.45) is 5.10 Å². The SMILES string of the molecule is CN(C(=O)C1=NNC(=O)CC1)c1ccccc1C(=O)O. The van der Waals surface area contributed by atoms with Crippen molar-refractivity contribution in [1.82, 2.24) is 5.43 Å². The third-order valence-electron chi connectivity index (χ3n) is 2.95. The Morgan fingerprint density at radius 1 is 1.30 bits per heavy atom. The van der Waals surface area contributed by atoms with Crippen LogP contribution in [0.25, 0.3) is 0 Å². The van der Waals surface area contributed by atoms with Crippen LogP contribution in [0.1, 0.15) is 23.2 Å². The zero-order chi connectivity index (χ0) is 14.7. The third-order valence-corrected chi connectivity index (χ3v) is 2.95. The highest BCUT2D eigenvalue weighted by Crippen LogP contribution is 2.20. The van der Waals surface area contributed by atoms with Crippen LogP contribution in [0.3, 0.4) is 0 Å². The van der Waals surface area contributed by atoms with E-state index in [9.17, 15) is 14.4 Å². The Balaban J connectivity index is 2.28. The molecule has 104 valence electrons. The second-order valence-corrected chi connectivity index (χ2v) is 4.28.